The molecule has 0 aliphatic carbocycles. The van der Waals surface area contributed by atoms with Crippen molar-refractivity contribution in [2.75, 3.05) is 59.9 Å². The average Bonchev–Trinajstić information content (AvgIpc) is 3.55. The van der Waals surface area contributed by atoms with Gasteiger partial charge in [-0.2, -0.15) is 0 Å². The Kier molecular flexibility index (Phi) is 21.7. The predicted octanol–water partition coefficient (Wildman–Crippen LogP) is -0.338. The van der Waals surface area contributed by atoms with E-state index >= 15 is 0 Å². The Bertz CT molecular complexity index is 1080. The molecule has 274 valence electrons. The second-order valence-corrected chi connectivity index (χ2v) is 12.8. The minimum absolute atomic E-state index is 0.00175. The molecule has 1 unspecified atom stereocenters. The number of nitrogens with zero attached hydrogens (tertiary/aromatic N) is 2. The van der Waals surface area contributed by atoms with E-state index in [2.05, 4.69) is 52.1 Å². The summed E-state index contributed by atoms with van der Waals surface area (Å²) in [5.41, 5.74) is 0.662. The van der Waals surface area contributed by atoms with E-state index in [1.54, 1.807) is 6.20 Å². The summed E-state index contributed by atoms with van der Waals surface area (Å²) in [5, 5.41) is 20.5. The third kappa shape index (κ3) is 18.1. The standard InChI is InChI=1S/C33H62N10O5/c1-8-24(4)30(42-32(47)28(40-25(5)44)19-26-20-36-22-39-26)33(48)41-27(18-23(2)3)31(46)38-13-11-9-10-12-37-29(45)21-43(16-14-34-6)17-15-35-7/h20,22-24,27-28,30,34-35H,8-19,21H2,1-7H3,(H,36,39)(H,37,45)(H,38,46)(H,40,44)(H,41,48)(H,42,47)/t24?,27-,28-,30-/m0/s1. The maximum atomic E-state index is 13.6. The topological polar surface area (TPSA) is 201 Å². The smallest absolute Gasteiger partial charge is 0.243 e. The number of unbranched alkanes of at least 4 members (excludes halogenated alkanes) is 2. The summed E-state index contributed by atoms with van der Waals surface area (Å²) < 4.78 is 0. The molecule has 48 heavy (non-hydrogen) atoms. The highest BCUT2D eigenvalue weighted by Gasteiger charge is 2.32. The van der Waals surface area contributed by atoms with Crippen LogP contribution in [0, 0.1) is 11.8 Å². The van der Waals surface area contributed by atoms with Crippen LogP contribution < -0.4 is 37.2 Å². The van der Waals surface area contributed by atoms with E-state index < -0.39 is 29.9 Å². The summed E-state index contributed by atoms with van der Waals surface area (Å²) in [6, 6.07) is -2.59. The van der Waals surface area contributed by atoms with Crippen LogP contribution in [0.5, 0.6) is 0 Å². The number of aromatic amines is 1. The van der Waals surface area contributed by atoms with Crippen LogP contribution >= 0.6 is 0 Å². The fourth-order valence-corrected chi connectivity index (χ4v) is 5.05. The number of rotatable bonds is 26. The molecule has 15 nitrogen and oxygen atoms in total. The average molecular weight is 679 g/mol. The molecule has 5 amide bonds. The lowest BCUT2D eigenvalue weighted by atomic mass is 9.96. The van der Waals surface area contributed by atoms with Gasteiger partial charge in [-0.25, -0.2) is 4.98 Å². The van der Waals surface area contributed by atoms with Gasteiger partial charge in [-0.05, 0) is 51.6 Å². The Morgan fingerprint density at radius 2 is 1.46 bits per heavy atom. The normalized spacial score (nSPS) is 13.8. The quantitative estimate of drug-likeness (QED) is 0.0604. The van der Waals surface area contributed by atoms with E-state index in [1.165, 1.54) is 13.3 Å². The van der Waals surface area contributed by atoms with Crippen molar-refractivity contribution in [2.24, 2.45) is 11.8 Å². The van der Waals surface area contributed by atoms with Crippen LogP contribution in [-0.2, 0) is 30.4 Å². The summed E-state index contributed by atoms with van der Waals surface area (Å²) in [5.74, 6) is -1.70. The first-order valence-corrected chi connectivity index (χ1v) is 17.3. The van der Waals surface area contributed by atoms with Crippen molar-refractivity contribution in [1.82, 2.24) is 52.1 Å². The van der Waals surface area contributed by atoms with Crippen molar-refractivity contribution in [3.63, 3.8) is 0 Å². The molecule has 0 aromatic carbocycles. The fourth-order valence-electron chi connectivity index (χ4n) is 5.05. The molecular weight excluding hydrogens is 616 g/mol. The first-order valence-electron chi connectivity index (χ1n) is 17.3. The van der Waals surface area contributed by atoms with Gasteiger partial charge < -0.3 is 42.2 Å². The van der Waals surface area contributed by atoms with Crippen LogP contribution in [0.2, 0.25) is 0 Å². The van der Waals surface area contributed by atoms with Gasteiger partial charge in [0.25, 0.3) is 0 Å². The molecule has 1 aromatic heterocycles. The number of carbonyl (C=O) groups is 5. The minimum Gasteiger partial charge on any atom is -0.355 e. The van der Waals surface area contributed by atoms with Crippen molar-refractivity contribution >= 4 is 29.5 Å². The van der Waals surface area contributed by atoms with E-state index in [0.29, 0.717) is 38.2 Å². The van der Waals surface area contributed by atoms with E-state index in [4.69, 9.17) is 0 Å². The maximum absolute atomic E-state index is 13.6. The molecule has 0 spiro atoms. The van der Waals surface area contributed by atoms with E-state index in [9.17, 15) is 24.0 Å². The van der Waals surface area contributed by atoms with Gasteiger partial charge >= 0.3 is 0 Å². The molecule has 15 heteroatoms. The first-order chi connectivity index (χ1) is 22.9. The molecule has 0 saturated carbocycles. The second-order valence-electron chi connectivity index (χ2n) is 12.8. The third-order valence-electron chi connectivity index (χ3n) is 8.00. The molecule has 4 atom stereocenters. The van der Waals surface area contributed by atoms with Crippen LogP contribution in [-0.4, -0.2) is 122 Å². The number of hydrogen-bond donors (Lipinski definition) is 8. The van der Waals surface area contributed by atoms with Gasteiger partial charge in [0.15, 0.2) is 0 Å². The lowest BCUT2D eigenvalue weighted by Gasteiger charge is -2.28. The van der Waals surface area contributed by atoms with Crippen LogP contribution in [0.15, 0.2) is 12.5 Å². The van der Waals surface area contributed by atoms with Gasteiger partial charge in [0.1, 0.15) is 18.1 Å². The molecule has 1 aromatic rings. The zero-order chi connectivity index (χ0) is 35.9. The van der Waals surface area contributed by atoms with Crippen molar-refractivity contribution in [3.05, 3.63) is 18.2 Å². The Labute approximate surface area is 286 Å². The number of imidazole rings is 1. The molecule has 0 aliphatic rings. The van der Waals surface area contributed by atoms with Crippen molar-refractivity contribution in [1.29, 1.82) is 0 Å². The largest absolute Gasteiger partial charge is 0.355 e. The Morgan fingerprint density at radius 1 is 0.812 bits per heavy atom. The van der Waals surface area contributed by atoms with Gasteiger partial charge in [0.05, 0.1) is 12.9 Å². The third-order valence-corrected chi connectivity index (χ3v) is 8.00. The molecule has 0 radical (unpaired) electrons. The van der Waals surface area contributed by atoms with Crippen LogP contribution in [0.1, 0.15) is 72.4 Å². The van der Waals surface area contributed by atoms with E-state index in [0.717, 1.165) is 45.4 Å². The molecular formula is C33H62N10O5. The van der Waals surface area contributed by atoms with E-state index in [-0.39, 0.29) is 36.0 Å². The molecule has 8 N–H and O–H groups in total. The summed E-state index contributed by atoms with van der Waals surface area (Å²) in [6.07, 6.45) is 6.61. The monoisotopic (exact) mass is 678 g/mol. The number of H-pyrrole nitrogens is 1. The number of hydrogen-bond acceptors (Lipinski definition) is 9. The SMILES string of the molecule is CCC(C)[C@H](NC(=O)[C@H](Cc1cnc[nH]1)NC(C)=O)C(=O)N[C@@H](CC(C)C)C(=O)NCCCCCNC(=O)CN(CCNC)CCNC. The van der Waals surface area contributed by atoms with Gasteiger partial charge in [-0.15, -0.1) is 0 Å². The van der Waals surface area contributed by atoms with Crippen LogP contribution in [0.4, 0.5) is 0 Å². The predicted molar refractivity (Wildman–Crippen MR) is 187 cm³/mol. The maximum Gasteiger partial charge on any atom is 0.243 e. The summed E-state index contributed by atoms with van der Waals surface area (Å²) >= 11 is 0. The van der Waals surface area contributed by atoms with Crippen LogP contribution in [0.3, 0.4) is 0 Å². The Morgan fingerprint density at radius 3 is 2.00 bits per heavy atom. The molecule has 1 heterocycles. The van der Waals surface area contributed by atoms with Gasteiger partial charge in [-0.1, -0.05) is 34.1 Å². The zero-order valence-electron chi connectivity index (χ0n) is 30.2. The highest BCUT2D eigenvalue weighted by molar-refractivity contribution is 5.94. The molecule has 1 rings (SSSR count). The van der Waals surface area contributed by atoms with Crippen LogP contribution in [0.25, 0.3) is 0 Å². The second kappa shape index (κ2) is 24.6. The van der Waals surface area contributed by atoms with Gasteiger partial charge in [0.2, 0.25) is 29.5 Å². The number of likely N-dealkylation sites (N-methyl/N-ethyl adjacent to an activating group) is 2. The minimum atomic E-state index is -0.910. The Balaban J connectivity index is 2.65. The van der Waals surface area contributed by atoms with Crippen molar-refractivity contribution < 1.29 is 24.0 Å². The van der Waals surface area contributed by atoms with Crippen molar-refractivity contribution in [2.45, 2.75) is 91.3 Å². The summed E-state index contributed by atoms with van der Waals surface area (Å²) in [7, 11) is 3.78. The molecule has 0 aliphatic heterocycles. The fraction of sp³-hybridized carbons (Fsp3) is 0.758. The Hall–Kier alpha value is -3.56. The first kappa shape index (κ1) is 42.5. The number of amides is 5. The van der Waals surface area contributed by atoms with Gasteiger partial charge in [0, 0.05) is 64.5 Å². The number of aromatic nitrogens is 2. The lowest BCUT2D eigenvalue weighted by molar-refractivity contribution is -0.134. The number of nitrogens with one attached hydrogen (secondary N) is 8. The zero-order valence-corrected chi connectivity index (χ0v) is 30.2. The summed E-state index contributed by atoms with van der Waals surface area (Å²) in [4.78, 5) is 73.3. The highest BCUT2D eigenvalue weighted by Crippen LogP contribution is 2.12. The van der Waals surface area contributed by atoms with Gasteiger partial charge in [-0.3, -0.25) is 28.9 Å². The summed E-state index contributed by atoms with van der Waals surface area (Å²) in [6.45, 7) is 13.6. The van der Waals surface area contributed by atoms with Crippen molar-refractivity contribution in [3.8, 4) is 0 Å². The molecule has 0 saturated heterocycles. The lowest BCUT2D eigenvalue weighted by Crippen LogP contribution is -2.59. The van der Waals surface area contributed by atoms with E-state index in [1.807, 2.05) is 41.8 Å². The highest BCUT2D eigenvalue weighted by atomic mass is 16.2. The number of carbonyl (C=O) groups excluding carboxylic acids is 5. The molecule has 0 bridgehead atoms. The molecule has 0 fully saturated rings.